The van der Waals surface area contributed by atoms with Crippen LogP contribution in [0.5, 0.6) is 0 Å². The summed E-state index contributed by atoms with van der Waals surface area (Å²) in [4.78, 5) is 27.5. The molecule has 0 saturated carbocycles. The lowest BCUT2D eigenvalue weighted by Gasteiger charge is -2.25. The van der Waals surface area contributed by atoms with Crippen molar-refractivity contribution in [3.8, 4) is 0 Å². The number of amides is 3. The normalized spacial score (nSPS) is 17.8. The van der Waals surface area contributed by atoms with Gasteiger partial charge in [0.2, 0.25) is 0 Å². The second-order valence-corrected chi connectivity index (χ2v) is 3.51. The number of rotatable bonds is 0. The molecule has 0 aliphatic carbocycles. The summed E-state index contributed by atoms with van der Waals surface area (Å²) in [7, 11) is 0. The molecule has 2 heterocycles. The molecular formula is C10H6FN3O2. The molecule has 5 nitrogen and oxygen atoms in total. The van der Waals surface area contributed by atoms with Crippen molar-refractivity contribution in [2.24, 2.45) is 4.99 Å². The van der Waals surface area contributed by atoms with Gasteiger partial charge in [-0.2, -0.15) is 4.99 Å². The predicted octanol–water partition coefficient (Wildman–Crippen LogP) is 0.960. The van der Waals surface area contributed by atoms with Crippen molar-refractivity contribution in [1.82, 2.24) is 4.90 Å². The average Bonchev–Trinajstić information content (AvgIpc) is 2.60. The lowest BCUT2D eigenvalue weighted by atomic mass is 10.1. The van der Waals surface area contributed by atoms with Gasteiger partial charge < -0.3 is 5.32 Å². The van der Waals surface area contributed by atoms with Crippen molar-refractivity contribution in [3.63, 3.8) is 0 Å². The number of amidine groups is 1. The van der Waals surface area contributed by atoms with Crippen LogP contribution in [0.1, 0.15) is 5.56 Å². The zero-order valence-corrected chi connectivity index (χ0v) is 8.03. The Hall–Kier alpha value is -2.24. The highest BCUT2D eigenvalue weighted by atomic mass is 19.1. The van der Waals surface area contributed by atoms with E-state index < -0.39 is 17.8 Å². The largest absolute Gasteiger partial charge is 0.328 e. The highest BCUT2D eigenvalue weighted by Gasteiger charge is 2.36. The predicted molar refractivity (Wildman–Crippen MR) is 53.7 cm³/mol. The van der Waals surface area contributed by atoms with Crippen LogP contribution in [0.25, 0.3) is 0 Å². The second kappa shape index (κ2) is 2.88. The molecule has 3 amide bonds. The molecule has 3 rings (SSSR count). The molecule has 80 valence electrons. The number of halogens is 1. The zero-order valence-electron chi connectivity index (χ0n) is 8.03. The quantitative estimate of drug-likeness (QED) is 0.706. The number of aliphatic imine (C=N–C) groups is 1. The van der Waals surface area contributed by atoms with E-state index in [4.69, 9.17) is 0 Å². The van der Waals surface area contributed by atoms with Gasteiger partial charge in [0.05, 0.1) is 11.3 Å². The standard InChI is InChI=1S/C10H6FN3O2/c11-5-2-1-3-6-8(5)9-13-7(15)4-14(9)10(16)12-6/h1-3H,4H2,(H,12,16). The van der Waals surface area contributed by atoms with Gasteiger partial charge in [-0.25, -0.2) is 9.18 Å². The van der Waals surface area contributed by atoms with Crippen molar-refractivity contribution in [1.29, 1.82) is 0 Å². The first-order valence-electron chi connectivity index (χ1n) is 4.66. The van der Waals surface area contributed by atoms with Crippen LogP contribution >= 0.6 is 0 Å². The SMILES string of the molecule is O=C1CN2C(=O)Nc3cccc(F)c3C2=N1. The highest BCUT2D eigenvalue weighted by Crippen LogP contribution is 2.28. The Morgan fingerprint density at radius 3 is 3.00 bits per heavy atom. The summed E-state index contributed by atoms with van der Waals surface area (Å²) in [6.45, 7) is -0.130. The molecule has 0 bridgehead atoms. The zero-order chi connectivity index (χ0) is 11.3. The Labute approximate surface area is 89.6 Å². The van der Waals surface area contributed by atoms with Gasteiger partial charge >= 0.3 is 6.03 Å². The molecule has 16 heavy (non-hydrogen) atoms. The van der Waals surface area contributed by atoms with E-state index in [9.17, 15) is 14.0 Å². The van der Waals surface area contributed by atoms with Crippen LogP contribution in [0.3, 0.4) is 0 Å². The van der Waals surface area contributed by atoms with E-state index in [0.717, 1.165) is 4.90 Å². The first kappa shape index (κ1) is 9.02. The van der Waals surface area contributed by atoms with Crippen LogP contribution in [-0.4, -0.2) is 29.2 Å². The first-order chi connectivity index (χ1) is 7.66. The first-order valence-corrected chi connectivity index (χ1v) is 4.66. The average molecular weight is 219 g/mol. The number of anilines is 1. The molecule has 0 unspecified atom stereocenters. The monoisotopic (exact) mass is 219 g/mol. The molecule has 0 radical (unpaired) electrons. The molecular weight excluding hydrogens is 213 g/mol. The molecule has 0 saturated heterocycles. The number of nitrogens with one attached hydrogen (secondary N) is 1. The summed E-state index contributed by atoms with van der Waals surface area (Å²) in [5, 5.41) is 2.51. The van der Waals surface area contributed by atoms with E-state index in [2.05, 4.69) is 10.3 Å². The number of fused-ring (bicyclic) bond motifs is 3. The Morgan fingerprint density at radius 1 is 1.38 bits per heavy atom. The number of benzene rings is 1. The number of hydrogen-bond acceptors (Lipinski definition) is 2. The fourth-order valence-electron chi connectivity index (χ4n) is 1.82. The minimum absolute atomic E-state index is 0.0989. The van der Waals surface area contributed by atoms with E-state index in [-0.39, 0.29) is 17.9 Å². The number of carbonyl (C=O) groups excluding carboxylic acids is 2. The summed E-state index contributed by atoms with van der Waals surface area (Å²) < 4.78 is 13.6. The van der Waals surface area contributed by atoms with Gasteiger partial charge in [0.15, 0.2) is 5.84 Å². The van der Waals surface area contributed by atoms with Gasteiger partial charge in [0.1, 0.15) is 12.4 Å². The molecule has 1 aromatic carbocycles. The fraction of sp³-hybridized carbons (Fsp3) is 0.100. The van der Waals surface area contributed by atoms with Gasteiger partial charge in [0, 0.05) is 0 Å². The maximum absolute atomic E-state index is 13.6. The third-order valence-electron chi connectivity index (χ3n) is 2.50. The van der Waals surface area contributed by atoms with Gasteiger partial charge in [0.25, 0.3) is 5.91 Å². The topological polar surface area (TPSA) is 61.8 Å². The number of nitrogens with zero attached hydrogens (tertiary/aromatic N) is 2. The van der Waals surface area contributed by atoms with Crippen LogP contribution in [-0.2, 0) is 4.79 Å². The lowest BCUT2D eigenvalue weighted by Crippen LogP contribution is -2.43. The molecule has 1 N–H and O–H groups in total. The minimum atomic E-state index is -0.504. The van der Waals surface area contributed by atoms with Gasteiger partial charge in [-0.15, -0.1) is 0 Å². The molecule has 1 aromatic rings. The van der Waals surface area contributed by atoms with Crippen molar-refractivity contribution >= 4 is 23.5 Å². The van der Waals surface area contributed by atoms with Gasteiger partial charge in [-0.1, -0.05) is 6.07 Å². The molecule has 6 heteroatoms. The molecule has 2 aliphatic rings. The Bertz CT molecular complexity index is 553. The maximum atomic E-state index is 13.6. The summed E-state index contributed by atoms with van der Waals surface area (Å²) in [6, 6.07) is 3.86. The number of hydrogen-bond donors (Lipinski definition) is 1. The Morgan fingerprint density at radius 2 is 2.19 bits per heavy atom. The van der Waals surface area contributed by atoms with Crippen LogP contribution in [0.4, 0.5) is 14.9 Å². The Balaban J connectivity index is 2.26. The third kappa shape index (κ3) is 1.06. The smallest absolute Gasteiger partial charge is 0.307 e. The summed E-state index contributed by atoms with van der Waals surface area (Å²) >= 11 is 0. The molecule has 0 spiro atoms. The van der Waals surface area contributed by atoms with Crippen LogP contribution in [0.15, 0.2) is 23.2 Å². The van der Waals surface area contributed by atoms with Crippen molar-refractivity contribution < 1.29 is 14.0 Å². The summed E-state index contributed by atoms with van der Waals surface area (Å²) in [5.74, 6) is -0.848. The summed E-state index contributed by atoms with van der Waals surface area (Å²) in [5.41, 5.74) is 0.516. The molecule has 0 aromatic heterocycles. The van der Waals surface area contributed by atoms with E-state index >= 15 is 0 Å². The number of carbonyl (C=O) groups is 2. The van der Waals surface area contributed by atoms with E-state index in [1.165, 1.54) is 12.1 Å². The van der Waals surface area contributed by atoms with Crippen LogP contribution in [0, 0.1) is 5.82 Å². The molecule has 2 aliphatic heterocycles. The van der Waals surface area contributed by atoms with Crippen molar-refractivity contribution in [3.05, 3.63) is 29.6 Å². The number of urea groups is 1. The Kier molecular flexibility index (Phi) is 1.62. The van der Waals surface area contributed by atoms with E-state index in [0.29, 0.717) is 5.69 Å². The van der Waals surface area contributed by atoms with Gasteiger partial charge in [-0.3, -0.25) is 9.69 Å². The van der Waals surface area contributed by atoms with Crippen molar-refractivity contribution in [2.45, 2.75) is 0 Å². The molecule has 0 atom stereocenters. The lowest BCUT2D eigenvalue weighted by molar-refractivity contribution is -0.116. The van der Waals surface area contributed by atoms with E-state index in [1.807, 2.05) is 0 Å². The fourth-order valence-corrected chi connectivity index (χ4v) is 1.82. The van der Waals surface area contributed by atoms with Crippen molar-refractivity contribution in [2.75, 3.05) is 11.9 Å². The van der Waals surface area contributed by atoms with E-state index in [1.54, 1.807) is 6.07 Å². The third-order valence-corrected chi connectivity index (χ3v) is 2.50. The minimum Gasteiger partial charge on any atom is -0.307 e. The second-order valence-electron chi connectivity index (χ2n) is 3.51. The van der Waals surface area contributed by atoms with Gasteiger partial charge in [-0.05, 0) is 12.1 Å². The highest BCUT2D eigenvalue weighted by molar-refractivity contribution is 6.24. The summed E-state index contributed by atoms with van der Waals surface area (Å²) in [6.07, 6.45) is 0. The maximum Gasteiger partial charge on any atom is 0.328 e. The van der Waals surface area contributed by atoms with Crippen LogP contribution < -0.4 is 5.32 Å². The van der Waals surface area contributed by atoms with Crippen LogP contribution in [0.2, 0.25) is 0 Å². The molecule has 0 fully saturated rings.